The molecule has 1 amide bonds. The van der Waals surface area contributed by atoms with Gasteiger partial charge >= 0.3 is 5.97 Å². The Morgan fingerprint density at radius 1 is 1.32 bits per heavy atom. The minimum absolute atomic E-state index is 0.0464. The molecule has 1 aromatic heterocycles. The Morgan fingerprint density at radius 3 is 2.72 bits per heavy atom. The van der Waals surface area contributed by atoms with E-state index in [0.29, 0.717) is 12.3 Å². The highest BCUT2D eigenvalue weighted by Gasteiger charge is 2.36. The quantitative estimate of drug-likeness (QED) is 0.768. The van der Waals surface area contributed by atoms with Gasteiger partial charge in [0.25, 0.3) is 0 Å². The van der Waals surface area contributed by atoms with Crippen molar-refractivity contribution in [2.45, 2.75) is 25.6 Å². The summed E-state index contributed by atoms with van der Waals surface area (Å²) in [6, 6.07) is 9.93. The summed E-state index contributed by atoms with van der Waals surface area (Å²) in [6.07, 6.45) is 0.199. The van der Waals surface area contributed by atoms with Crippen molar-refractivity contribution in [2.75, 3.05) is 19.4 Å². The van der Waals surface area contributed by atoms with Gasteiger partial charge in [0, 0.05) is 17.8 Å². The number of thioether (sulfide) groups is 1. The summed E-state index contributed by atoms with van der Waals surface area (Å²) >= 11 is 1.58. The van der Waals surface area contributed by atoms with Crippen molar-refractivity contribution in [3.05, 3.63) is 47.3 Å². The summed E-state index contributed by atoms with van der Waals surface area (Å²) < 4.78 is 6.60. The molecule has 2 aromatic rings. The molecule has 7 heteroatoms. The van der Waals surface area contributed by atoms with Crippen LogP contribution < -0.4 is 0 Å². The van der Waals surface area contributed by atoms with Crippen molar-refractivity contribution in [3.8, 4) is 5.69 Å². The standard InChI is InChI=1S/C18H21N3O3S/c1-12-17(13(2)21(19-12)14-7-5-4-6-8-14)18-20(15(22)11-25-18)10-9-16(23)24-3/h4-8,18H,9-11H2,1-3H3. The number of hydrogen-bond acceptors (Lipinski definition) is 5. The average molecular weight is 359 g/mol. The molecule has 2 heterocycles. The number of aryl methyl sites for hydroxylation is 1. The molecule has 1 saturated heterocycles. The van der Waals surface area contributed by atoms with Crippen LogP contribution in [0.25, 0.3) is 5.69 Å². The van der Waals surface area contributed by atoms with E-state index >= 15 is 0 Å². The molecule has 0 aliphatic carbocycles. The third-order valence-electron chi connectivity index (χ3n) is 4.35. The number of carbonyl (C=O) groups is 2. The average Bonchev–Trinajstić information content (AvgIpc) is 3.12. The fourth-order valence-electron chi connectivity index (χ4n) is 3.08. The predicted octanol–water partition coefficient (Wildman–Crippen LogP) is 2.63. The zero-order valence-electron chi connectivity index (χ0n) is 14.6. The Balaban J connectivity index is 1.91. The van der Waals surface area contributed by atoms with Crippen molar-refractivity contribution in [1.29, 1.82) is 0 Å². The number of rotatable bonds is 5. The Kier molecular flexibility index (Phi) is 5.13. The molecule has 0 radical (unpaired) electrons. The second-order valence-corrected chi connectivity index (χ2v) is 6.98. The summed E-state index contributed by atoms with van der Waals surface area (Å²) in [7, 11) is 1.36. The number of para-hydroxylation sites is 1. The summed E-state index contributed by atoms with van der Waals surface area (Å²) in [5.74, 6) is 0.156. The highest BCUT2D eigenvalue weighted by Crippen LogP contribution is 2.41. The van der Waals surface area contributed by atoms with E-state index in [1.165, 1.54) is 7.11 Å². The Bertz CT molecular complexity index is 788. The van der Waals surface area contributed by atoms with Gasteiger partial charge < -0.3 is 9.64 Å². The van der Waals surface area contributed by atoms with Crippen LogP contribution in [0.4, 0.5) is 0 Å². The number of hydrogen-bond donors (Lipinski definition) is 0. The minimum Gasteiger partial charge on any atom is -0.469 e. The molecule has 0 spiro atoms. The smallest absolute Gasteiger partial charge is 0.307 e. The lowest BCUT2D eigenvalue weighted by Gasteiger charge is -2.24. The zero-order chi connectivity index (χ0) is 18.0. The maximum absolute atomic E-state index is 12.3. The third-order valence-corrected chi connectivity index (χ3v) is 5.57. The minimum atomic E-state index is -0.308. The maximum atomic E-state index is 12.3. The second-order valence-electron chi connectivity index (χ2n) is 5.91. The van der Waals surface area contributed by atoms with Crippen LogP contribution in [0.3, 0.4) is 0 Å². The molecular formula is C18H21N3O3S. The summed E-state index contributed by atoms with van der Waals surface area (Å²) in [5, 5.41) is 4.55. The normalized spacial score (nSPS) is 17.2. The van der Waals surface area contributed by atoms with Crippen LogP contribution in [0.1, 0.15) is 28.7 Å². The first-order valence-corrected chi connectivity index (χ1v) is 9.17. The van der Waals surface area contributed by atoms with Gasteiger partial charge in [-0.25, -0.2) is 4.68 Å². The van der Waals surface area contributed by atoms with E-state index in [-0.39, 0.29) is 23.7 Å². The topological polar surface area (TPSA) is 64.4 Å². The number of benzene rings is 1. The van der Waals surface area contributed by atoms with Gasteiger partial charge in [-0.15, -0.1) is 11.8 Å². The fraction of sp³-hybridized carbons (Fsp3) is 0.389. The molecule has 25 heavy (non-hydrogen) atoms. The zero-order valence-corrected chi connectivity index (χ0v) is 15.4. The van der Waals surface area contributed by atoms with Crippen LogP contribution in [0.2, 0.25) is 0 Å². The molecule has 1 fully saturated rings. The van der Waals surface area contributed by atoms with Gasteiger partial charge in [-0.1, -0.05) is 18.2 Å². The van der Waals surface area contributed by atoms with Crippen molar-refractivity contribution in [3.63, 3.8) is 0 Å². The van der Waals surface area contributed by atoms with Gasteiger partial charge in [-0.2, -0.15) is 5.10 Å². The molecule has 6 nitrogen and oxygen atoms in total. The molecule has 132 valence electrons. The lowest BCUT2D eigenvalue weighted by atomic mass is 10.1. The Morgan fingerprint density at radius 2 is 2.04 bits per heavy atom. The van der Waals surface area contributed by atoms with E-state index in [9.17, 15) is 9.59 Å². The van der Waals surface area contributed by atoms with E-state index < -0.39 is 0 Å². The van der Waals surface area contributed by atoms with Crippen LogP contribution >= 0.6 is 11.8 Å². The van der Waals surface area contributed by atoms with Gasteiger partial charge in [0.05, 0.1) is 30.7 Å². The monoisotopic (exact) mass is 359 g/mol. The number of carbonyl (C=O) groups excluding carboxylic acids is 2. The number of nitrogens with zero attached hydrogens (tertiary/aromatic N) is 3. The van der Waals surface area contributed by atoms with E-state index in [1.54, 1.807) is 16.7 Å². The van der Waals surface area contributed by atoms with Crippen LogP contribution in [0.15, 0.2) is 30.3 Å². The molecular weight excluding hydrogens is 338 g/mol. The summed E-state index contributed by atoms with van der Waals surface area (Å²) in [5.41, 5.74) is 3.95. The number of esters is 1. The highest BCUT2D eigenvalue weighted by atomic mass is 32.2. The first kappa shape index (κ1) is 17.5. The van der Waals surface area contributed by atoms with E-state index in [2.05, 4.69) is 5.10 Å². The van der Waals surface area contributed by atoms with E-state index in [1.807, 2.05) is 48.9 Å². The van der Waals surface area contributed by atoms with Crippen LogP contribution in [0, 0.1) is 13.8 Å². The van der Waals surface area contributed by atoms with Crippen molar-refractivity contribution in [2.24, 2.45) is 0 Å². The maximum Gasteiger partial charge on any atom is 0.307 e. The number of amides is 1. The number of ether oxygens (including phenoxy) is 1. The molecule has 0 N–H and O–H groups in total. The third kappa shape index (κ3) is 3.42. The summed E-state index contributed by atoms with van der Waals surface area (Å²) in [6.45, 7) is 4.34. The first-order chi connectivity index (χ1) is 12.0. The molecule has 1 aliphatic rings. The fourth-order valence-corrected chi connectivity index (χ4v) is 4.46. The van der Waals surface area contributed by atoms with Gasteiger partial charge in [0.15, 0.2) is 0 Å². The second kappa shape index (κ2) is 7.31. The molecule has 1 aromatic carbocycles. The lowest BCUT2D eigenvalue weighted by Crippen LogP contribution is -2.31. The molecule has 1 atom stereocenters. The highest BCUT2D eigenvalue weighted by molar-refractivity contribution is 8.00. The Hall–Kier alpha value is -2.28. The molecule has 1 unspecified atom stereocenters. The van der Waals surface area contributed by atoms with Gasteiger partial charge in [-0.3, -0.25) is 9.59 Å². The van der Waals surface area contributed by atoms with Crippen molar-refractivity contribution < 1.29 is 14.3 Å². The van der Waals surface area contributed by atoms with Crippen molar-refractivity contribution >= 4 is 23.6 Å². The van der Waals surface area contributed by atoms with Crippen LogP contribution in [-0.4, -0.2) is 46.0 Å². The Labute approximate surface area is 151 Å². The molecule has 0 bridgehead atoms. The predicted molar refractivity (Wildman–Crippen MR) is 96.6 cm³/mol. The number of methoxy groups -OCH3 is 1. The van der Waals surface area contributed by atoms with Crippen molar-refractivity contribution in [1.82, 2.24) is 14.7 Å². The molecule has 1 aliphatic heterocycles. The van der Waals surface area contributed by atoms with Gasteiger partial charge in [-0.05, 0) is 26.0 Å². The lowest BCUT2D eigenvalue weighted by molar-refractivity contribution is -0.141. The van der Waals surface area contributed by atoms with E-state index in [4.69, 9.17) is 4.74 Å². The molecule has 0 saturated carbocycles. The number of aromatic nitrogens is 2. The van der Waals surface area contributed by atoms with Crippen LogP contribution in [-0.2, 0) is 14.3 Å². The summed E-state index contributed by atoms with van der Waals surface area (Å²) in [4.78, 5) is 25.5. The SMILES string of the molecule is COC(=O)CCN1C(=O)CSC1c1c(C)nn(-c2ccccc2)c1C. The first-order valence-electron chi connectivity index (χ1n) is 8.12. The molecule has 3 rings (SSSR count). The van der Waals surface area contributed by atoms with Gasteiger partial charge in [0.1, 0.15) is 5.37 Å². The van der Waals surface area contributed by atoms with Gasteiger partial charge in [0.2, 0.25) is 5.91 Å². The van der Waals surface area contributed by atoms with E-state index in [0.717, 1.165) is 22.6 Å². The van der Waals surface area contributed by atoms with Crippen LogP contribution in [0.5, 0.6) is 0 Å². The largest absolute Gasteiger partial charge is 0.469 e.